The number of carbonyl (C=O) groups is 6. The van der Waals surface area contributed by atoms with Crippen LogP contribution >= 0.6 is 46.4 Å². The second-order valence-corrected chi connectivity index (χ2v) is 33.5. The standard InChI is InChI=1S/C35H35Cl2N3O3.C35H33ClN2O3.C34H31ClN2O4/c1-19-16-26(17-20(2)34(19)37)43-15-7-8-27-28-13-14-31(36)33(32-21(3)39-40(6)22(32)4)29(28)18-30(27)35(42)38-25-11-9-24(10-12-25)23(5)41;1-21-18-27(19-22(2)34(21)36)41-17-7-11-31-30-9-5-8-29(28-10-6-16-37-23(28)3)32(30)20-33(31)35(40)38-26-14-12-25(13-15-26)24(4)39;1-20-16-25(17-21(2)32(20)35)41-15-7-13-29-28-11-5-10-27(26-12-6-14-36-22(26)3)30(28)19-31(29)33(38)37-24-9-4-8-23(18-24)34(39)40/h9-14,16-17H,7-8,15,18H2,1-6H3,(H,38,42);5-6,8-10,12-16,18-19H,7,11,17,20H2,1-4H3,(H,38,40);4-6,8-12,14,16-18H,7,13,15,19H2,1-3H3,(H,37,38)(H,39,40). The van der Waals surface area contributed by atoms with E-state index in [4.69, 9.17) is 60.6 Å². The number of hydrogen-bond acceptors (Lipinski definition) is 12. The molecule has 3 aliphatic rings. The third-order valence-corrected chi connectivity index (χ3v) is 25.2. The van der Waals surface area contributed by atoms with Crippen LogP contribution in [0.25, 0.3) is 50.1 Å². The van der Waals surface area contributed by atoms with Gasteiger partial charge < -0.3 is 35.3 Å². The molecular weight excluding hydrogens is 1650 g/mol. The summed E-state index contributed by atoms with van der Waals surface area (Å²) in [6, 6.07) is 56.3. The smallest absolute Gasteiger partial charge is 0.335 e. The summed E-state index contributed by atoms with van der Waals surface area (Å²) in [5.41, 5.74) is 30.5. The zero-order valence-electron chi connectivity index (χ0n) is 72.4. The average molecular weight is 1750 g/mol. The lowest BCUT2D eigenvalue weighted by molar-refractivity contribution is -0.113. The number of allylic oxidation sites excluding steroid dienone is 3. The number of carbonyl (C=O) groups excluding carboxylic acids is 5. The van der Waals surface area contributed by atoms with Crippen LogP contribution in [-0.4, -0.2) is 79.9 Å². The topological polar surface area (TPSA) is 230 Å². The van der Waals surface area contributed by atoms with Crippen molar-refractivity contribution in [2.45, 2.75) is 141 Å². The van der Waals surface area contributed by atoms with E-state index in [1.165, 1.54) is 26.0 Å². The lowest BCUT2D eigenvalue weighted by Crippen LogP contribution is -2.16. The number of aryl methyl sites for hydroxylation is 10. The third-order valence-electron chi connectivity index (χ3n) is 23.1. The molecule has 638 valence electrons. The van der Waals surface area contributed by atoms with Crippen molar-refractivity contribution in [2.75, 3.05) is 35.8 Å². The number of fused-ring (bicyclic) bond motifs is 3. The number of ketones is 2. The van der Waals surface area contributed by atoms with Gasteiger partial charge in [0.15, 0.2) is 11.6 Å². The maximum atomic E-state index is 13.8. The molecule has 9 aromatic carbocycles. The summed E-state index contributed by atoms with van der Waals surface area (Å²) in [6.07, 6.45) is 9.17. The average Bonchev–Trinajstić information content (AvgIpc) is 1.63. The molecule has 21 heteroatoms. The molecule has 0 saturated heterocycles. The van der Waals surface area contributed by atoms with Crippen molar-refractivity contribution in [1.82, 2.24) is 19.7 Å². The molecule has 15 rings (SSSR count). The third kappa shape index (κ3) is 20.8. The number of aromatic nitrogens is 4. The van der Waals surface area contributed by atoms with E-state index in [0.29, 0.717) is 116 Å². The van der Waals surface area contributed by atoms with Crippen molar-refractivity contribution in [3.63, 3.8) is 0 Å². The quantitative estimate of drug-likeness (QED) is 0.0278. The second kappa shape index (κ2) is 40.0. The van der Waals surface area contributed by atoms with Gasteiger partial charge in [0.2, 0.25) is 0 Å². The Balaban J connectivity index is 0.000000161. The fraction of sp³-hybridized carbons (Fsp3) is 0.240. The van der Waals surface area contributed by atoms with Crippen LogP contribution in [0.3, 0.4) is 0 Å². The van der Waals surface area contributed by atoms with Crippen LogP contribution in [0.2, 0.25) is 20.1 Å². The molecule has 0 bridgehead atoms. The number of nitrogens with one attached hydrogen (secondary N) is 3. The van der Waals surface area contributed by atoms with Crippen molar-refractivity contribution in [1.29, 1.82) is 0 Å². The van der Waals surface area contributed by atoms with E-state index in [0.717, 1.165) is 184 Å². The first-order valence-electron chi connectivity index (χ1n) is 41.7. The largest absolute Gasteiger partial charge is 0.494 e. The molecule has 0 radical (unpaired) electrons. The number of nitrogens with zero attached hydrogens (tertiary/aromatic N) is 4. The molecule has 17 nitrogen and oxygen atoms in total. The van der Waals surface area contributed by atoms with Crippen LogP contribution < -0.4 is 30.2 Å². The number of rotatable bonds is 27. The van der Waals surface area contributed by atoms with Crippen molar-refractivity contribution in [2.24, 2.45) is 7.05 Å². The van der Waals surface area contributed by atoms with Crippen LogP contribution in [0.5, 0.6) is 17.2 Å². The van der Waals surface area contributed by atoms with E-state index < -0.39 is 5.97 Å². The van der Waals surface area contributed by atoms with E-state index in [-0.39, 0.29) is 34.9 Å². The van der Waals surface area contributed by atoms with E-state index in [9.17, 15) is 33.9 Å². The summed E-state index contributed by atoms with van der Waals surface area (Å²) in [7, 11) is 1.92. The molecular formula is C104H99Cl4N7O10. The Morgan fingerprint density at radius 3 is 1.10 bits per heavy atom. The van der Waals surface area contributed by atoms with Gasteiger partial charge in [0.25, 0.3) is 17.7 Å². The van der Waals surface area contributed by atoms with Crippen LogP contribution in [-0.2, 0) is 40.7 Å². The Morgan fingerprint density at radius 2 is 0.736 bits per heavy atom. The summed E-state index contributed by atoms with van der Waals surface area (Å²) in [5.74, 6) is 0.730. The minimum absolute atomic E-state index is 0.0107. The number of ether oxygens (including phenoxy) is 3. The van der Waals surface area contributed by atoms with Gasteiger partial charge in [-0.3, -0.25) is 38.6 Å². The SMILES string of the molecule is CC(=O)c1ccc(NC(=O)C2=C(CCCOc3cc(C)c(Cl)c(C)c3)c3ccc(Cl)c(-c4c(C)nn(C)c4C)c3C2)cc1.CC(=O)c1ccc(NC(=O)C2=C(CCCOc3cc(C)c(Cl)c(C)c3)c3cccc(-c4cccnc4C)c3C2)cc1.Cc1cc(OCCCC2=C(C(=O)Nc3cccc(C(=O)O)c3)Cc3c2cccc3-c2cccnc2C)cc(C)c1Cl. The first-order valence-corrected chi connectivity index (χ1v) is 43.2. The number of carboxylic acid groups (broad SMARTS) is 1. The van der Waals surface area contributed by atoms with Gasteiger partial charge >= 0.3 is 5.97 Å². The Morgan fingerprint density at radius 1 is 0.384 bits per heavy atom. The number of pyridine rings is 2. The van der Waals surface area contributed by atoms with Gasteiger partial charge in [-0.25, -0.2) is 4.79 Å². The first kappa shape index (κ1) is 90.2. The molecule has 4 N–H and O–H groups in total. The monoisotopic (exact) mass is 1750 g/mol. The van der Waals surface area contributed by atoms with E-state index >= 15 is 0 Å². The van der Waals surface area contributed by atoms with Gasteiger partial charge in [-0.2, -0.15) is 5.10 Å². The minimum Gasteiger partial charge on any atom is -0.494 e. The number of halogens is 4. The molecule has 0 saturated carbocycles. The predicted octanol–water partition coefficient (Wildman–Crippen LogP) is 24.8. The molecule has 3 aromatic heterocycles. The predicted molar refractivity (Wildman–Crippen MR) is 503 cm³/mol. The molecule has 0 aliphatic heterocycles. The Kier molecular flexibility index (Phi) is 28.9. The van der Waals surface area contributed by atoms with Gasteiger partial charge in [0.1, 0.15) is 17.2 Å². The van der Waals surface area contributed by atoms with Crippen molar-refractivity contribution < 1.29 is 48.1 Å². The highest BCUT2D eigenvalue weighted by Crippen LogP contribution is 2.48. The molecule has 0 unspecified atom stereocenters. The molecule has 3 heterocycles. The molecule has 3 aliphatic carbocycles. The van der Waals surface area contributed by atoms with Crippen LogP contribution in [0.1, 0.15) is 173 Å². The van der Waals surface area contributed by atoms with Crippen molar-refractivity contribution in [3.05, 3.63) is 337 Å². The maximum Gasteiger partial charge on any atom is 0.335 e. The van der Waals surface area contributed by atoms with Gasteiger partial charge in [-0.05, 0) is 338 Å². The lowest BCUT2D eigenvalue weighted by atomic mass is 9.93. The molecule has 0 atom stereocenters. The Labute approximate surface area is 750 Å². The summed E-state index contributed by atoms with van der Waals surface area (Å²) in [6.45, 7) is 24.3. The van der Waals surface area contributed by atoms with E-state index in [1.54, 1.807) is 73.1 Å². The number of amides is 3. The van der Waals surface area contributed by atoms with Crippen molar-refractivity contribution >= 4 is 115 Å². The van der Waals surface area contributed by atoms with E-state index in [2.05, 4.69) is 73.5 Å². The van der Waals surface area contributed by atoms with Gasteiger partial charge in [-0.1, -0.05) is 107 Å². The van der Waals surface area contributed by atoms with Gasteiger partial charge in [-0.15, -0.1) is 0 Å². The Bertz CT molecular complexity index is 6290. The van der Waals surface area contributed by atoms with Gasteiger partial charge in [0.05, 0.1) is 31.1 Å². The zero-order valence-corrected chi connectivity index (χ0v) is 75.4. The summed E-state index contributed by atoms with van der Waals surface area (Å²) < 4.78 is 20.1. The molecule has 3 amide bonds. The number of Topliss-reactive ketones (excluding diaryl/α,β-unsaturated/α-hetero) is 2. The normalized spacial score (nSPS) is 12.4. The number of anilines is 3. The van der Waals surface area contributed by atoms with Crippen molar-refractivity contribution in [3.8, 4) is 50.6 Å². The Hall–Kier alpha value is -12.5. The first-order chi connectivity index (χ1) is 59.9. The molecule has 0 fully saturated rings. The number of hydrogen-bond donors (Lipinski definition) is 4. The molecule has 12 aromatic rings. The fourth-order valence-corrected chi connectivity index (χ4v) is 17.3. The molecule has 0 spiro atoms. The van der Waals surface area contributed by atoms with Gasteiger partial charge in [0, 0.05) is 143 Å². The zero-order chi connectivity index (χ0) is 89.2. The van der Waals surface area contributed by atoms with Crippen LogP contribution in [0.15, 0.2) is 211 Å². The highest BCUT2D eigenvalue weighted by atomic mass is 35.5. The number of benzene rings is 9. The van der Waals surface area contributed by atoms with Crippen LogP contribution in [0.4, 0.5) is 17.1 Å². The second-order valence-electron chi connectivity index (χ2n) is 31.9. The summed E-state index contributed by atoms with van der Waals surface area (Å²) in [4.78, 5) is 85.0. The highest BCUT2D eigenvalue weighted by Gasteiger charge is 2.34. The number of aromatic carboxylic acids is 1. The minimum atomic E-state index is -1.04. The molecule has 125 heavy (non-hydrogen) atoms. The van der Waals surface area contributed by atoms with Crippen LogP contribution in [0, 0.1) is 69.2 Å². The fourth-order valence-electron chi connectivity index (χ4n) is 16.7. The number of carboxylic acids is 1. The maximum absolute atomic E-state index is 13.8. The summed E-state index contributed by atoms with van der Waals surface area (Å²) in [5, 5.41) is 25.9. The summed E-state index contributed by atoms with van der Waals surface area (Å²) >= 11 is 25.8. The lowest BCUT2D eigenvalue weighted by Gasteiger charge is -2.14. The van der Waals surface area contributed by atoms with E-state index in [1.807, 2.05) is 148 Å². The highest BCUT2D eigenvalue weighted by molar-refractivity contribution is 6.34.